The van der Waals surface area contributed by atoms with Crippen LogP contribution in [0.3, 0.4) is 0 Å². The van der Waals surface area contributed by atoms with E-state index in [-0.39, 0.29) is 6.04 Å². The molecule has 100 valence electrons. The van der Waals surface area contributed by atoms with Crippen molar-refractivity contribution in [1.29, 1.82) is 0 Å². The van der Waals surface area contributed by atoms with Crippen LogP contribution in [0.15, 0.2) is 30.3 Å². The number of thiazole rings is 1. The second kappa shape index (κ2) is 5.82. The molecule has 1 saturated heterocycles. The maximum Gasteiger partial charge on any atom is 0.113 e. The number of morpholine rings is 1. The zero-order valence-electron chi connectivity index (χ0n) is 11.1. The Balaban J connectivity index is 1.94. The molecule has 1 aliphatic rings. The highest BCUT2D eigenvalue weighted by molar-refractivity contribution is 7.12. The number of hydrogen-bond acceptors (Lipinski definition) is 4. The number of hydrogen-bond donors (Lipinski definition) is 1. The van der Waals surface area contributed by atoms with Gasteiger partial charge in [-0.3, -0.25) is 0 Å². The largest absolute Gasteiger partial charge is 0.378 e. The van der Waals surface area contributed by atoms with E-state index in [2.05, 4.69) is 36.5 Å². The number of aryl methyl sites for hydroxylation is 1. The SMILES string of the molecule is CCc1sc(C2COCCN2)nc1-c1ccccc1. The monoisotopic (exact) mass is 274 g/mol. The van der Waals surface area contributed by atoms with Crippen LogP contribution in [0.1, 0.15) is 22.9 Å². The third-order valence-corrected chi connectivity index (χ3v) is 4.62. The Hall–Kier alpha value is -1.23. The van der Waals surface area contributed by atoms with E-state index in [9.17, 15) is 0 Å². The topological polar surface area (TPSA) is 34.1 Å². The fourth-order valence-electron chi connectivity index (χ4n) is 2.30. The van der Waals surface area contributed by atoms with E-state index >= 15 is 0 Å². The molecule has 2 aromatic rings. The van der Waals surface area contributed by atoms with Crippen LogP contribution in [0.4, 0.5) is 0 Å². The number of nitrogens with zero attached hydrogens (tertiary/aromatic N) is 1. The van der Waals surface area contributed by atoms with Crippen LogP contribution in [0.25, 0.3) is 11.3 Å². The highest BCUT2D eigenvalue weighted by Gasteiger charge is 2.21. The van der Waals surface area contributed by atoms with Crippen molar-refractivity contribution in [3.63, 3.8) is 0 Å². The summed E-state index contributed by atoms with van der Waals surface area (Å²) in [6.45, 7) is 4.62. The maximum atomic E-state index is 5.53. The molecule has 0 spiro atoms. The minimum Gasteiger partial charge on any atom is -0.378 e. The number of rotatable bonds is 3. The lowest BCUT2D eigenvalue weighted by atomic mass is 10.1. The van der Waals surface area contributed by atoms with Gasteiger partial charge in [0.05, 0.1) is 24.9 Å². The van der Waals surface area contributed by atoms with Gasteiger partial charge in [0.2, 0.25) is 0 Å². The summed E-state index contributed by atoms with van der Waals surface area (Å²) in [6.07, 6.45) is 1.02. The van der Waals surface area contributed by atoms with Gasteiger partial charge in [-0.15, -0.1) is 11.3 Å². The lowest BCUT2D eigenvalue weighted by Gasteiger charge is -2.21. The van der Waals surface area contributed by atoms with Crippen molar-refractivity contribution in [3.8, 4) is 11.3 Å². The predicted octanol–water partition coefficient (Wildman–Crippen LogP) is 3.03. The smallest absolute Gasteiger partial charge is 0.113 e. The fourth-order valence-corrected chi connectivity index (χ4v) is 3.39. The van der Waals surface area contributed by atoms with Crippen LogP contribution in [-0.4, -0.2) is 24.7 Å². The van der Waals surface area contributed by atoms with Gasteiger partial charge < -0.3 is 10.1 Å². The molecule has 1 N–H and O–H groups in total. The molecule has 1 fully saturated rings. The second-order valence-electron chi connectivity index (χ2n) is 4.63. The van der Waals surface area contributed by atoms with Gasteiger partial charge in [-0.1, -0.05) is 37.3 Å². The summed E-state index contributed by atoms with van der Waals surface area (Å²) in [5.41, 5.74) is 2.34. The van der Waals surface area contributed by atoms with Crippen molar-refractivity contribution in [2.45, 2.75) is 19.4 Å². The van der Waals surface area contributed by atoms with E-state index in [1.165, 1.54) is 10.4 Å². The number of nitrogens with one attached hydrogen (secondary N) is 1. The fraction of sp³-hybridized carbons (Fsp3) is 0.400. The van der Waals surface area contributed by atoms with Crippen LogP contribution in [0, 0.1) is 0 Å². The number of aromatic nitrogens is 1. The summed E-state index contributed by atoms with van der Waals surface area (Å²) < 4.78 is 5.53. The minimum atomic E-state index is 0.251. The first-order chi connectivity index (χ1) is 9.38. The first-order valence-corrected chi connectivity index (χ1v) is 7.56. The average Bonchev–Trinajstić information content (AvgIpc) is 2.93. The van der Waals surface area contributed by atoms with E-state index in [0.717, 1.165) is 36.9 Å². The van der Waals surface area contributed by atoms with Crippen molar-refractivity contribution in [2.75, 3.05) is 19.8 Å². The zero-order chi connectivity index (χ0) is 13.1. The normalized spacial score (nSPS) is 19.5. The summed E-state index contributed by atoms with van der Waals surface area (Å²) in [4.78, 5) is 6.21. The second-order valence-corrected chi connectivity index (χ2v) is 5.74. The third-order valence-electron chi connectivity index (χ3n) is 3.30. The van der Waals surface area contributed by atoms with Crippen molar-refractivity contribution in [2.24, 2.45) is 0 Å². The van der Waals surface area contributed by atoms with Gasteiger partial charge in [0, 0.05) is 17.0 Å². The Morgan fingerprint density at radius 2 is 2.21 bits per heavy atom. The van der Waals surface area contributed by atoms with Crippen LogP contribution in [-0.2, 0) is 11.2 Å². The van der Waals surface area contributed by atoms with Gasteiger partial charge in [-0.25, -0.2) is 4.98 Å². The average molecular weight is 274 g/mol. The molecule has 0 radical (unpaired) electrons. The van der Waals surface area contributed by atoms with Gasteiger partial charge in [0.15, 0.2) is 0 Å². The molecule has 1 aromatic carbocycles. The molecule has 3 rings (SSSR count). The highest BCUT2D eigenvalue weighted by Crippen LogP contribution is 2.32. The van der Waals surface area contributed by atoms with E-state index < -0.39 is 0 Å². The molecule has 1 aliphatic heterocycles. The summed E-state index contributed by atoms with van der Waals surface area (Å²) in [6, 6.07) is 10.7. The van der Waals surface area contributed by atoms with Crippen LogP contribution >= 0.6 is 11.3 Å². The van der Waals surface area contributed by atoms with E-state index in [0.29, 0.717) is 0 Å². The maximum absolute atomic E-state index is 5.53. The van der Waals surface area contributed by atoms with Crippen LogP contribution in [0.5, 0.6) is 0 Å². The first-order valence-electron chi connectivity index (χ1n) is 6.74. The van der Waals surface area contributed by atoms with Gasteiger partial charge in [0.25, 0.3) is 0 Å². The van der Waals surface area contributed by atoms with E-state index in [1.807, 2.05) is 17.4 Å². The van der Waals surface area contributed by atoms with Gasteiger partial charge in [-0.05, 0) is 6.42 Å². The van der Waals surface area contributed by atoms with Crippen molar-refractivity contribution in [1.82, 2.24) is 10.3 Å². The highest BCUT2D eigenvalue weighted by atomic mass is 32.1. The van der Waals surface area contributed by atoms with Crippen molar-refractivity contribution < 1.29 is 4.74 Å². The van der Waals surface area contributed by atoms with E-state index in [4.69, 9.17) is 9.72 Å². The molecular formula is C15H18N2OS. The molecule has 2 heterocycles. The Labute approximate surface area is 117 Å². The summed E-state index contributed by atoms with van der Waals surface area (Å²) in [5, 5.41) is 4.62. The summed E-state index contributed by atoms with van der Waals surface area (Å²) in [7, 11) is 0. The van der Waals surface area contributed by atoms with Crippen molar-refractivity contribution in [3.05, 3.63) is 40.2 Å². The Bertz CT molecular complexity index is 532. The Morgan fingerprint density at radius 3 is 2.89 bits per heavy atom. The van der Waals surface area contributed by atoms with E-state index in [1.54, 1.807) is 0 Å². The first kappa shape index (κ1) is 12.8. The Morgan fingerprint density at radius 1 is 1.37 bits per heavy atom. The number of ether oxygens (including phenoxy) is 1. The van der Waals surface area contributed by atoms with Gasteiger partial charge in [0.1, 0.15) is 5.01 Å². The standard InChI is InChI=1S/C15H18N2OS/c1-2-13-14(11-6-4-3-5-7-11)17-15(19-13)12-10-18-9-8-16-12/h3-7,12,16H,2,8-10H2,1H3. The predicted molar refractivity (Wildman–Crippen MR) is 78.5 cm³/mol. The van der Waals surface area contributed by atoms with Crippen molar-refractivity contribution >= 4 is 11.3 Å². The van der Waals surface area contributed by atoms with Crippen LogP contribution < -0.4 is 5.32 Å². The molecule has 1 unspecified atom stereocenters. The molecule has 4 heteroatoms. The molecule has 19 heavy (non-hydrogen) atoms. The minimum absolute atomic E-state index is 0.251. The lowest BCUT2D eigenvalue weighted by molar-refractivity contribution is 0.0768. The zero-order valence-corrected chi connectivity index (χ0v) is 11.9. The molecule has 0 bridgehead atoms. The van der Waals surface area contributed by atoms with Gasteiger partial charge >= 0.3 is 0 Å². The number of benzene rings is 1. The summed E-state index contributed by atoms with van der Waals surface area (Å²) in [5.74, 6) is 0. The molecule has 0 amide bonds. The Kier molecular flexibility index (Phi) is 3.92. The lowest BCUT2D eigenvalue weighted by Crippen LogP contribution is -2.34. The molecule has 1 atom stereocenters. The third kappa shape index (κ3) is 2.71. The molecule has 0 saturated carbocycles. The molecule has 1 aromatic heterocycles. The molecular weight excluding hydrogens is 256 g/mol. The molecule has 0 aliphatic carbocycles. The quantitative estimate of drug-likeness (QED) is 0.934. The van der Waals surface area contributed by atoms with Crippen LogP contribution in [0.2, 0.25) is 0 Å². The van der Waals surface area contributed by atoms with Gasteiger partial charge in [-0.2, -0.15) is 0 Å². The molecule has 3 nitrogen and oxygen atoms in total. The summed E-state index contributed by atoms with van der Waals surface area (Å²) >= 11 is 1.81.